The molecular weight excluding hydrogens is 268 g/mol. The maximum absolute atomic E-state index is 12.4. The minimum Gasteiger partial charge on any atom is -0.480 e. The lowest BCUT2D eigenvalue weighted by atomic mass is 9.93. The van der Waals surface area contributed by atoms with Gasteiger partial charge in [-0.3, -0.25) is 4.79 Å². The first-order valence-electron chi connectivity index (χ1n) is 7.32. The standard InChI is InChI=1S/C16H22N2O3/c1-11(9-17)6-7-15(19)18-10-13-5-3-2-4-12(13)8-14(18)16(20)21/h2-5,11,14H,6-10,17H2,1H3,(H,20,21)/t11?,14-/m1/s1. The maximum Gasteiger partial charge on any atom is 0.326 e. The molecule has 0 spiro atoms. The third-order valence-electron chi connectivity index (χ3n) is 4.11. The Labute approximate surface area is 124 Å². The second kappa shape index (κ2) is 6.72. The van der Waals surface area contributed by atoms with E-state index in [1.54, 1.807) is 0 Å². The van der Waals surface area contributed by atoms with E-state index in [1.165, 1.54) is 4.90 Å². The number of carboxylic acid groups (broad SMARTS) is 1. The van der Waals surface area contributed by atoms with Crippen molar-refractivity contribution in [3.8, 4) is 0 Å². The molecule has 0 bridgehead atoms. The number of carbonyl (C=O) groups excluding carboxylic acids is 1. The fourth-order valence-corrected chi connectivity index (χ4v) is 2.64. The van der Waals surface area contributed by atoms with Gasteiger partial charge in [0.25, 0.3) is 0 Å². The van der Waals surface area contributed by atoms with Crippen LogP contribution in [0.4, 0.5) is 0 Å². The van der Waals surface area contributed by atoms with Crippen LogP contribution in [0.3, 0.4) is 0 Å². The van der Waals surface area contributed by atoms with Crippen LogP contribution in [0.2, 0.25) is 0 Å². The summed E-state index contributed by atoms with van der Waals surface area (Å²) in [6, 6.07) is 6.94. The van der Waals surface area contributed by atoms with Crippen molar-refractivity contribution in [2.24, 2.45) is 11.7 Å². The van der Waals surface area contributed by atoms with Gasteiger partial charge in [0.05, 0.1) is 0 Å². The van der Waals surface area contributed by atoms with Gasteiger partial charge in [-0.2, -0.15) is 0 Å². The molecule has 3 N–H and O–H groups in total. The Hall–Kier alpha value is -1.88. The number of hydrogen-bond donors (Lipinski definition) is 2. The zero-order valence-electron chi connectivity index (χ0n) is 12.3. The van der Waals surface area contributed by atoms with Crippen molar-refractivity contribution in [2.75, 3.05) is 6.54 Å². The van der Waals surface area contributed by atoms with Gasteiger partial charge >= 0.3 is 5.97 Å². The Morgan fingerprint density at radius 3 is 2.67 bits per heavy atom. The number of amides is 1. The van der Waals surface area contributed by atoms with E-state index >= 15 is 0 Å². The third-order valence-corrected chi connectivity index (χ3v) is 4.11. The van der Waals surface area contributed by atoms with Gasteiger partial charge in [-0.25, -0.2) is 4.79 Å². The minimum atomic E-state index is -0.940. The highest BCUT2D eigenvalue weighted by atomic mass is 16.4. The Morgan fingerprint density at radius 2 is 2.05 bits per heavy atom. The smallest absolute Gasteiger partial charge is 0.326 e. The fraction of sp³-hybridized carbons (Fsp3) is 0.500. The highest BCUT2D eigenvalue weighted by molar-refractivity contribution is 5.84. The molecule has 1 aromatic rings. The van der Waals surface area contributed by atoms with Crippen molar-refractivity contribution < 1.29 is 14.7 Å². The first-order chi connectivity index (χ1) is 10.0. The number of rotatable bonds is 5. The van der Waals surface area contributed by atoms with Gasteiger partial charge in [-0.15, -0.1) is 0 Å². The van der Waals surface area contributed by atoms with Crippen molar-refractivity contribution in [3.05, 3.63) is 35.4 Å². The lowest BCUT2D eigenvalue weighted by Gasteiger charge is -2.34. The summed E-state index contributed by atoms with van der Waals surface area (Å²) in [5.74, 6) is -0.767. The van der Waals surface area contributed by atoms with Crippen molar-refractivity contribution >= 4 is 11.9 Å². The first kappa shape index (κ1) is 15.5. The molecule has 1 unspecified atom stereocenters. The summed E-state index contributed by atoms with van der Waals surface area (Å²) in [6.07, 6.45) is 1.42. The van der Waals surface area contributed by atoms with E-state index in [0.29, 0.717) is 32.4 Å². The molecule has 0 radical (unpaired) electrons. The summed E-state index contributed by atoms with van der Waals surface area (Å²) in [7, 11) is 0. The van der Waals surface area contributed by atoms with E-state index in [2.05, 4.69) is 0 Å². The highest BCUT2D eigenvalue weighted by Gasteiger charge is 2.34. The van der Waals surface area contributed by atoms with Gasteiger partial charge in [0.1, 0.15) is 6.04 Å². The largest absolute Gasteiger partial charge is 0.480 e. The van der Waals surface area contributed by atoms with Gasteiger partial charge in [0, 0.05) is 19.4 Å². The highest BCUT2D eigenvalue weighted by Crippen LogP contribution is 2.24. The van der Waals surface area contributed by atoms with Crippen LogP contribution < -0.4 is 5.73 Å². The van der Waals surface area contributed by atoms with E-state index in [1.807, 2.05) is 31.2 Å². The van der Waals surface area contributed by atoms with Crippen LogP contribution in [0.5, 0.6) is 0 Å². The quantitative estimate of drug-likeness (QED) is 0.858. The first-order valence-corrected chi connectivity index (χ1v) is 7.32. The minimum absolute atomic E-state index is 0.0998. The van der Waals surface area contributed by atoms with Gasteiger partial charge in [0.2, 0.25) is 5.91 Å². The molecule has 114 valence electrons. The van der Waals surface area contributed by atoms with Gasteiger partial charge < -0.3 is 15.7 Å². The number of hydrogen-bond acceptors (Lipinski definition) is 3. The second-order valence-electron chi connectivity index (χ2n) is 5.73. The molecule has 0 saturated heterocycles. The maximum atomic E-state index is 12.4. The topological polar surface area (TPSA) is 83.6 Å². The summed E-state index contributed by atoms with van der Waals surface area (Å²) in [5, 5.41) is 9.39. The van der Waals surface area contributed by atoms with E-state index in [-0.39, 0.29) is 11.8 Å². The van der Waals surface area contributed by atoms with Crippen LogP contribution in [0.15, 0.2) is 24.3 Å². The molecule has 0 aliphatic carbocycles. The zero-order chi connectivity index (χ0) is 15.4. The second-order valence-corrected chi connectivity index (χ2v) is 5.73. The summed E-state index contributed by atoms with van der Waals surface area (Å²) < 4.78 is 0. The van der Waals surface area contributed by atoms with Crippen molar-refractivity contribution in [3.63, 3.8) is 0 Å². The Morgan fingerprint density at radius 1 is 1.38 bits per heavy atom. The molecule has 5 heteroatoms. The number of nitrogens with two attached hydrogens (primary N) is 1. The predicted molar refractivity (Wildman–Crippen MR) is 79.6 cm³/mol. The normalized spacial score (nSPS) is 19.0. The van der Waals surface area contributed by atoms with Gasteiger partial charge in [-0.05, 0) is 30.0 Å². The molecule has 1 aliphatic rings. The molecule has 0 fully saturated rings. The summed E-state index contributed by atoms with van der Waals surface area (Å²) in [6.45, 7) is 2.91. The van der Waals surface area contributed by atoms with Crippen molar-refractivity contribution in [2.45, 2.75) is 38.8 Å². The monoisotopic (exact) mass is 290 g/mol. The number of fused-ring (bicyclic) bond motifs is 1. The molecule has 0 aromatic heterocycles. The SMILES string of the molecule is CC(CN)CCC(=O)N1Cc2ccccc2C[C@@H]1C(=O)O. The number of benzene rings is 1. The lowest BCUT2D eigenvalue weighted by Crippen LogP contribution is -2.48. The summed E-state index contributed by atoms with van der Waals surface area (Å²) in [5.41, 5.74) is 7.61. The van der Waals surface area contributed by atoms with Crippen LogP contribution in [0.25, 0.3) is 0 Å². The van der Waals surface area contributed by atoms with Crippen molar-refractivity contribution in [1.29, 1.82) is 0 Å². The zero-order valence-corrected chi connectivity index (χ0v) is 12.3. The predicted octanol–water partition coefficient (Wildman–Crippen LogP) is 1.40. The van der Waals surface area contributed by atoms with Crippen LogP contribution in [0, 0.1) is 5.92 Å². The lowest BCUT2D eigenvalue weighted by molar-refractivity contribution is -0.151. The summed E-state index contributed by atoms with van der Waals surface area (Å²) in [4.78, 5) is 25.3. The van der Waals surface area contributed by atoms with E-state index < -0.39 is 12.0 Å². The van der Waals surface area contributed by atoms with E-state index in [4.69, 9.17) is 5.73 Å². The molecule has 1 heterocycles. The van der Waals surface area contributed by atoms with Crippen LogP contribution in [-0.4, -0.2) is 34.5 Å². The average Bonchev–Trinajstić information content (AvgIpc) is 2.50. The van der Waals surface area contributed by atoms with Crippen molar-refractivity contribution in [1.82, 2.24) is 4.90 Å². The average molecular weight is 290 g/mol. The molecule has 21 heavy (non-hydrogen) atoms. The number of carbonyl (C=O) groups is 2. The molecule has 1 amide bonds. The Balaban J connectivity index is 2.13. The van der Waals surface area contributed by atoms with E-state index in [9.17, 15) is 14.7 Å². The van der Waals surface area contributed by atoms with Gasteiger partial charge in [0.15, 0.2) is 0 Å². The Bertz CT molecular complexity index is 530. The summed E-state index contributed by atoms with van der Waals surface area (Å²) >= 11 is 0. The van der Waals surface area contributed by atoms with Gasteiger partial charge in [-0.1, -0.05) is 31.2 Å². The molecule has 2 atom stereocenters. The fourth-order valence-electron chi connectivity index (χ4n) is 2.64. The molecule has 2 rings (SSSR count). The molecule has 5 nitrogen and oxygen atoms in total. The molecule has 1 aliphatic heterocycles. The van der Waals surface area contributed by atoms with Crippen LogP contribution >= 0.6 is 0 Å². The third kappa shape index (κ3) is 3.61. The molecular formula is C16H22N2O3. The molecule has 1 aromatic carbocycles. The van der Waals surface area contributed by atoms with Crippen LogP contribution in [0.1, 0.15) is 30.9 Å². The van der Waals surface area contributed by atoms with E-state index in [0.717, 1.165) is 11.1 Å². The molecule has 0 saturated carbocycles. The Kier molecular flexibility index (Phi) is 4.96. The number of aliphatic carboxylic acids is 1. The number of carboxylic acids is 1. The number of nitrogens with zero attached hydrogens (tertiary/aromatic N) is 1. The van der Waals surface area contributed by atoms with Crippen LogP contribution in [-0.2, 0) is 22.6 Å².